The van der Waals surface area contributed by atoms with Crippen molar-refractivity contribution in [1.29, 1.82) is 0 Å². The molecule has 1 amide bonds. The van der Waals surface area contributed by atoms with E-state index in [1.54, 1.807) is 6.07 Å². The predicted molar refractivity (Wildman–Crippen MR) is 130 cm³/mol. The van der Waals surface area contributed by atoms with E-state index in [1.807, 2.05) is 36.4 Å². The van der Waals surface area contributed by atoms with Crippen LogP contribution in [0.25, 0.3) is 0 Å². The molecule has 0 spiro atoms. The summed E-state index contributed by atoms with van der Waals surface area (Å²) in [4.78, 5) is 12.2. The summed E-state index contributed by atoms with van der Waals surface area (Å²) in [5.74, 6) is -0.411. The molecule has 0 heterocycles. The van der Waals surface area contributed by atoms with Crippen LogP contribution in [-0.4, -0.2) is 5.91 Å². The van der Waals surface area contributed by atoms with Crippen LogP contribution in [0.3, 0.4) is 0 Å². The topological polar surface area (TPSA) is 55.1 Å². The molecule has 0 saturated heterocycles. The predicted octanol–water partition coefficient (Wildman–Crippen LogP) is 5.82. The molecule has 0 radical (unpaired) electrons. The molecule has 1 atom stereocenters. The minimum atomic E-state index is -0.616. The Balaban J connectivity index is 1.97. The zero-order valence-electron chi connectivity index (χ0n) is 18.2. The Hall–Kier alpha value is -3.69. The Labute approximate surface area is 189 Å². The van der Waals surface area contributed by atoms with Crippen LogP contribution in [0.5, 0.6) is 0 Å². The maximum Gasteiger partial charge on any atom is 0.249 e. The number of hydrogen-bond acceptors (Lipinski definition) is 2. The van der Waals surface area contributed by atoms with Crippen molar-refractivity contribution in [2.45, 2.75) is 24.9 Å². The van der Waals surface area contributed by atoms with Crippen molar-refractivity contribution in [2.75, 3.05) is 0 Å². The highest BCUT2D eigenvalue weighted by Crippen LogP contribution is 2.39. The Morgan fingerprint density at radius 3 is 1.53 bits per heavy atom. The van der Waals surface area contributed by atoms with E-state index < -0.39 is 11.4 Å². The van der Waals surface area contributed by atoms with E-state index in [1.165, 1.54) is 0 Å². The van der Waals surface area contributed by atoms with Gasteiger partial charge in [0.2, 0.25) is 5.91 Å². The highest BCUT2D eigenvalue weighted by Gasteiger charge is 2.38. The second-order valence-electron chi connectivity index (χ2n) is 7.90. The van der Waals surface area contributed by atoms with Gasteiger partial charge in [-0.05, 0) is 34.7 Å². The molecule has 4 aromatic carbocycles. The van der Waals surface area contributed by atoms with E-state index in [-0.39, 0.29) is 6.04 Å². The zero-order chi connectivity index (χ0) is 22.4. The third-order valence-corrected chi connectivity index (χ3v) is 6.02. The third kappa shape index (κ3) is 4.08. The van der Waals surface area contributed by atoms with Gasteiger partial charge in [0.05, 0.1) is 5.54 Å². The van der Waals surface area contributed by atoms with E-state index in [9.17, 15) is 4.79 Å². The van der Waals surface area contributed by atoms with Crippen LogP contribution in [0, 0.1) is 0 Å². The van der Waals surface area contributed by atoms with Crippen molar-refractivity contribution in [3.05, 3.63) is 143 Å². The summed E-state index contributed by atoms with van der Waals surface area (Å²) in [6, 6.07) is 38.9. The molecule has 3 nitrogen and oxygen atoms in total. The van der Waals surface area contributed by atoms with Gasteiger partial charge < -0.3 is 5.73 Å². The van der Waals surface area contributed by atoms with E-state index in [4.69, 9.17) is 5.73 Å². The van der Waals surface area contributed by atoms with Crippen LogP contribution in [0.1, 0.15) is 52.0 Å². The average Bonchev–Trinajstić information content (AvgIpc) is 2.87. The Kier molecular flexibility index (Phi) is 6.48. The zero-order valence-corrected chi connectivity index (χ0v) is 18.2. The minimum absolute atomic E-state index is 0.0979. The molecule has 4 aromatic rings. The number of carbonyl (C=O) groups is 1. The summed E-state index contributed by atoms with van der Waals surface area (Å²) in [7, 11) is 0. The molecule has 0 aliphatic heterocycles. The van der Waals surface area contributed by atoms with Crippen molar-refractivity contribution < 1.29 is 4.79 Å². The van der Waals surface area contributed by atoms with Gasteiger partial charge in [-0.25, -0.2) is 0 Å². The van der Waals surface area contributed by atoms with Crippen molar-refractivity contribution in [1.82, 2.24) is 5.32 Å². The number of rotatable bonds is 8. The fourth-order valence-corrected chi connectivity index (χ4v) is 4.50. The molecule has 1 unspecified atom stereocenters. The van der Waals surface area contributed by atoms with Gasteiger partial charge in [0.25, 0.3) is 0 Å². The van der Waals surface area contributed by atoms with Gasteiger partial charge in [0.15, 0.2) is 0 Å². The van der Waals surface area contributed by atoms with Gasteiger partial charge in [-0.3, -0.25) is 10.1 Å². The summed E-state index contributed by atoms with van der Waals surface area (Å²) in [6.07, 6.45) is 0.790. The fraction of sp³-hybridized carbons (Fsp3) is 0.138. The number of carbonyl (C=O) groups excluding carboxylic acids is 1. The lowest BCUT2D eigenvalue weighted by Crippen LogP contribution is -2.46. The van der Waals surface area contributed by atoms with Crippen molar-refractivity contribution in [3.8, 4) is 0 Å². The van der Waals surface area contributed by atoms with Crippen LogP contribution in [0.4, 0.5) is 0 Å². The first kappa shape index (κ1) is 21.5. The van der Waals surface area contributed by atoms with Crippen LogP contribution in [0.2, 0.25) is 0 Å². The average molecular weight is 421 g/mol. The molecule has 160 valence electrons. The summed E-state index contributed by atoms with van der Waals surface area (Å²) >= 11 is 0. The van der Waals surface area contributed by atoms with Crippen molar-refractivity contribution in [2.24, 2.45) is 5.73 Å². The maximum atomic E-state index is 12.2. The van der Waals surface area contributed by atoms with Crippen molar-refractivity contribution in [3.63, 3.8) is 0 Å². The largest absolute Gasteiger partial charge is 0.366 e. The van der Waals surface area contributed by atoms with E-state index in [0.717, 1.165) is 28.7 Å². The number of amides is 1. The molecule has 0 fully saturated rings. The highest BCUT2D eigenvalue weighted by atomic mass is 16.1. The van der Waals surface area contributed by atoms with Crippen LogP contribution >= 0.6 is 0 Å². The van der Waals surface area contributed by atoms with E-state index in [2.05, 4.69) is 85.0 Å². The van der Waals surface area contributed by atoms with Gasteiger partial charge in [0.1, 0.15) is 0 Å². The van der Waals surface area contributed by atoms with E-state index in [0.29, 0.717) is 5.56 Å². The maximum absolute atomic E-state index is 12.2. The summed E-state index contributed by atoms with van der Waals surface area (Å²) in [5, 5.41) is 3.97. The Morgan fingerprint density at radius 2 is 1.12 bits per heavy atom. The summed E-state index contributed by atoms with van der Waals surface area (Å²) < 4.78 is 0. The highest BCUT2D eigenvalue weighted by molar-refractivity contribution is 5.94. The standard InChI is InChI=1S/C29H28N2O/c1-2-27(25-20-12-13-21-26(25)28(30)32)31-29(22-14-6-3-7-15-22,23-16-8-4-9-17-23)24-18-10-5-11-19-24/h3-21,27,31H,2H2,1H3,(H2,30,32). The lowest BCUT2D eigenvalue weighted by molar-refractivity contribution is 0.0998. The smallest absolute Gasteiger partial charge is 0.249 e. The van der Waals surface area contributed by atoms with Gasteiger partial charge in [-0.15, -0.1) is 0 Å². The molecule has 0 bridgehead atoms. The molecular formula is C29H28N2O. The Morgan fingerprint density at radius 1 is 0.719 bits per heavy atom. The molecule has 32 heavy (non-hydrogen) atoms. The molecule has 3 heteroatoms. The number of hydrogen-bond donors (Lipinski definition) is 2. The van der Waals surface area contributed by atoms with Crippen LogP contribution < -0.4 is 11.1 Å². The first-order chi connectivity index (χ1) is 15.7. The number of nitrogens with two attached hydrogens (primary N) is 1. The molecule has 0 aliphatic carbocycles. The van der Waals surface area contributed by atoms with Crippen molar-refractivity contribution >= 4 is 5.91 Å². The second kappa shape index (κ2) is 9.63. The second-order valence-corrected chi connectivity index (χ2v) is 7.90. The normalized spacial score (nSPS) is 12.3. The molecule has 0 aliphatic rings. The fourth-order valence-electron chi connectivity index (χ4n) is 4.50. The van der Waals surface area contributed by atoms with Gasteiger partial charge in [-0.2, -0.15) is 0 Å². The lowest BCUT2D eigenvalue weighted by Gasteiger charge is -2.40. The first-order valence-electron chi connectivity index (χ1n) is 11.0. The van der Waals surface area contributed by atoms with Crippen LogP contribution in [0.15, 0.2) is 115 Å². The quantitative estimate of drug-likeness (QED) is 0.353. The van der Waals surface area contributed by atoms with E-state index >= 15 is 0 Å². The Bertz CT molecular complexity index is 1060. The monoisotopic (exact) mass is 420 g/mol. The lowest BCUT2D eigenvalue weighted by atomic mass is 9.76. The molecule has 4 rings (SSSR count). The third-order valence-electron chi connectivity index (χ3n) is 6.02. The summed E-state index contributed by atoms with van der Waals surface area (Å²) in [5.41, 5.74) is 9.98. The number of benzene rings is 4. The minimum Gasteiger partial charge on any atom is -0.366 e. The van der Waals surface area contributed by atoms with Gasteiger partial charge in [-0.1, -0.05) is 116 Å². The summed E-state index contributed by atoms with van der Waals surface area (Å²) in [6.45, 7) is 2.13. The molecular weight excluding hydrogens is 392 g/mol. The molecule has 0 saturated carbocycles. The van der Waals surface area contributed by atoms with Gasteiger partial charge in [0, 0.05) is 11.6 Å². The molecule has 0 aromatic heterocycles. The van der Waals surface area contributed by atoms with Gasteiger partial charge >= 0.3 is 0 Å². The molecule has 3 N–H and O–H groups in total. The SMILES string of the molecule is CCC(NC(c1ccccc1)(c1ccccc1)c1ccccc1)c1ccccc1C(N)=O. The first-order valence-corrected chi connectivity index (χ1v) is 11.0. The number of primary amides is 1. The van der Waals surface area contributed by atoms with Crippen LogP contribution in [-0.2, 0) is 5.54 Å². The number of nitrogens with one attached hydrogen (secondary N) is 1.